The molecule has 1 aromatic heterocycles. The van der Waals surface area contributed by atoms with Gasteiger partial charge in [0.25, 0.3) is 0 Å². The van der Waals surface area contributed by atoms with Crippen LogP contribution in [0.5, 0.6) is 0 Å². The smallest absolute Gasteiger partial charge is 0.0492 e. The molecule has 0 aliphatic heterocycles. The number of aryl methyl sites for hydroxylation is 2. The summed E-state index contributed by atoms with van der Waals surface area (Å²) in [4.78, 5) is 0.596. The molecule has 15 heavy (non-hydrogen) atoms. The highest BCUT2D eigenvalue weighted by Gasteiger charge is 2.20. The lowest BCUT2D eigenvalue weighted by atomic mass is 9.83. The van der Waals surface area contributed by atoms with Crippen molar-refractivity contribution in [2.45, 2.75) is 44.9 Å². The maximum absolute atomic E-state index is 4.19. The van der Waals surface area contributed by atoms with Gasteiger partial charge >= 0.3 is 0 Å². The number of nitrogens with zero attached hydrogens (tertiary/aromatic N) is 2. The fraction of sp³-hybridized carbons (Fsp3) is 0.750. The molecule has 0 N–H and O–H groups in total. The highest BCUT2D eigenvalue weighted by atomic mass is 79.9. The zero-order valence-corrected chi connectivity index (χ0v) is 11.7. The Kier molecular flexibility index (Phi) is 4.38. The first-order chi connectivity index (χ1) is 6.91. The predicted octanol–water partition coefficient (Wildman–Crippen LogP) is 3.55. The van der Waals surface area contributed by atoms with Gasteiger partial charge in [0, 0.05) is 23.8 Å². The molecule has 0 aromatic carbocycles. The van der Waals surface area contributed by atoms with E-state index in [1.165, 1.54) is 18.5 Å². The molecule has 1 atom stereocenters. The SMILES string of the molecule is CC(Br)CC(C)(C)CCc1ccnn1C. The summed E-state index contributed by atoms with van der Waals surface area (Å²) < 4.78 is 1.97. The van der Waals surface area contributed by atoms with E-state index in [9.17, 15) is 0 Å². The quantitative estimate of drug-likeness (QED) is 0.750. The second-order valence-corrected chi connectivity index (χ2v) is 6.66. The van der Waals surface area contributed by atoms with Crippen molar-refractivity contribution in [1.29, 1.82) is 0 Å². The van der Waals surface area contributed by atoms with Crippen molar-refractivity contribution < 1.29 is 0 Å². The molecule has 0 spiro atoms. The molecule has 0 amide bonds. The van der Waals surface area contributed by atoms with Gasteiger partial charge in [0.2, 0.25) is 0 Å². The monoisotopic (exact) mass is 272 g/mol. The van der Waals surface area contributed by atoms with Gasteiger partial charge in [-0.2, -0.15) is 5.10 Å². The number of hydrogen-bond acceptors (Lipinski definition) is 1. The van der Waals surface area contributed by atoms with E-state index in [1.54, 1.807) is 0 Å². The van der Waals surface area contributed by atoms with Crippen LogP contribution in [0, 0.1) is 5.41 Å². The van der Waals surface area contributed by atoms with E-state index in [1.807, 2.05) is 17.9 Å². The molecule has 1 heterocycles. The Morgan fingerprint density at radius 3 is 2.67 bits per heavy atom. The second kappa shape index (κ2) is 5.15. The van der Waals surface area contributed by atoms with Crippen molar-refractivity contribution >= 4 is 15.9 Å². The Balaban J connectivity index is 2.46. The Morgan fingerprint density at radius 2 is 2.20 bits per heavy atom. The molecule has 0 radical (unpaired) electrons. The van der Waals surface area contributed by atoms with E-state index in [0.29, 0.717) is 10.2 Å². The molecular formula is C12H21BrN2. The van der Waals surface area contributed by atoms with Crippen molar-refractivity contribution in [2.75, 3.05) is 0 Å². The van der Waals surface area contributed by atoms with Gasteiger partial charge in [0.1, 0.15) is 0 Å². The van der Waals surface area contributed by atoms with Crippen molar-refractivity contribution in [3.05, 3.63) is 18.0 Å². The molecule has 2 nitrogen and oxygen atoms in total. The summed E-state index contributed by atoms with van der Waals surface area (Å²) in [6.07, 6.45) is 5.41. The van der Waals surface area contributed by atoms with Gasteiger partial charge in [-0.15, -0.1) is 0 Å². The van der Waals surface area contributed by atoms with E-state index in [4.69, 9.17) is 0 Å². The van der Waals surface area contributed by atoms with Gasteiger partial charge in [0.15, 0.2) is 0 Å². The molecule has 1 aromatic rings. The molecule has 86 valence electrons. The molecule has 0 bridgehead atoms. The highest BCUT2D eigenvalue weighted by Crippen LogP contribution is 2.30. The molecule has 1 unspecified atom stereocenters. The van der Waals surface area contributed by atoms with Crippen LogP contribution < -0.4 is 0 Å². The standard InChI is InChI=1S/C12H21BrN2/c1-10(13)9-12(2,3)7-5-11-6-8-14-15(11)4/h6,8,10H,5,7,9H2,1-4H3. The van der Waals surface area contributed by atoms with Gasteiger partial charge in [-0.25, -0.2) is 0 Å². The van der Waals surface area contributed by atoms with Gasteiger partial charge < -0.3 is 0 Å². The van der Waals surface area contributed by atoms with Crippen LogP contribution in [0.3, 0.4) is 0 Å². The maximum atomic E-state index is 4.19. The van der Waals surface area contributed by atoms with E-state index in [2.05, 4.69) is 47.9 Å². The van der Waals surface area contributed by atoms with Gasteiger partial charge in [0.05, 0.1) is 0 Å². The van der Waals surface area contributed by atoms with E-state index >= 15 is 0 Å². The number of hydrogen-bond donors (Lipinski definition) is 0. The van der Waals surface area contributed by atoms with Crippen LogP contribution in [0.2, 0.25) is 0 Å². The summed E-state index contributed by atoms with van der Waals surface area (Å²) in [5, 5.41) is 4.19. The maximum Gasteiger partial charge on any atom is 0.0492 e. The van der Waals surface area contributed by atoms with Crippen molar-refractivity contribution in [1.82, 2.24) is 9.78 Å². The summed E-state index contributed by atoms with van der Waals surface area (Å²) in [6.45, 7) is 6.88. The summed E-state index contributed by atoms with van der Waals surface area (Å²) in [5.74, 6) is 0. The van der Waals surface area contributed by atoms with Crippen LogP contribution in [-0.4, -0.2) is 14.6 Å². The van der Waals surface area contributed by atoms with Gasteiger partial charge in [-0.3, -0.25) is 4.68 Å². The van der Waals surface area contributed by atoms with Crippen molar-refractivity contribution in [2.24, 2.45) is 12.5 Å². The van der Waals surface area contributed by atoms with Crippen LogP contribution in [0.15, 0.2) is 12.3 Å². The van der Waals surface area contributed by atoms with Gasteiger partial charge in [-0.1, -0.05) is 36.7 Å². The Labute approximate surface area is 101 Å². The molecule has 0 fully saturated rings. The predicted molar refractivity (Wildman–Crippen MR) is 68.3 cm³/mol. The second-order valence-electron chi connectivity index (χ2n) is 5.10. The third-order valence-electron chi connectivity index (χ3n) is 2.81. The molecular weight excluding hydrogens is 252 g/mol. The summed E-state index contributed by atoms with van der Waals surface area (Å²) >= 11 is 3.63. The lowest BCUT2D eigenvalue weighted by Gasteiger charge is -2.25. The van der Waals surface area contributed by atoms with Crippen molar-refractivity contribution in [3.8, 4) is 0 Å². The van der Waals surface area contributed by atoms with E-state index < -0.39 is 0 Å². The average molecular weight is 273 g/mol. The molecule has 0 aliphatic rings. The number of alkyl halides is 1. The Bertz CT molecular complexity index is 302. The normalized spacial score (nSPS) is 14.2. The van der Waals surface area contributed by atoms with Crippen LogP contribution in [-0.2, 0) is 13.5 Å². The zero-order valence-electron chi connectivity index (χ0n) is 10.1. The zero-order chi connectivity index (χ0) is 11.5. The topological polar surface area (TPSA) is 17.8 Å². The van der Waals surface area contributed by atoms with Crippen LogP contribution in [0.4, 0.5) is 0 Å². The number of aromatic nitrogens is 2. The third-order valence-corrected chi connectivity index (χ3v) is 3.14. The van der Waals surface area contributed by atoms with Crippen LogP contribution >= 0.6 is 15.9 Å². The number of rotatable bonds is 5. The van der Waals surface area contributed by atoms with Crippen molar-refractivity contribution in [3.63, 3.8) is 0 Å². The summed E-state index contributed by atoms with van der Waals surface area (Å²) in [6, 6.07) is 2.10. The first kappa shape index (κ1) is 12.8. The third kappa shape index (κ3) is 4.37. The highest BCUT2D eigenvalue weighted by molar-refractivity contribution is 9.09. The largest absolute Gasteiger partial charge is 0.273 e. The average Bonchev–Trinajstić information content (AvgIpc) is 2.45. The molecule has 0 aliphatic carbocycles. The molecule has 3 heteroatoms. The first-order valence-electron chi connectivity index (χ1n) is 5.52. The molecule has 0 saturated heterocycles. The first-order valence-corrected chi connectivity index (χ1v) is 6.43. The lowest BCUT2D eigenvalue weighted by Crippen LogP contribution is -2.17. The van der Waals surface area contributed by atoms with E-state index in [0.717, 1.165) is 6.42 Å². The molecule has 1 rings (SSSR count). The fourth-order valence-electron chi connectivity index (χ4n) is 1.98. The van der Waals surface area contributed by atoms with Crippen LogP contribution in [0.25, 0.3) is 0 Å². The minimum atomic E-state index is 0.396. The van der Waals surface area contributed by atoms with Crippen LogP contribution in [0.1, 0.15) is 39.3 Å². The number of halogens is 1. The lowest BCUT2D eigenvalue weighted by molar-refractivity contribution is 0.307. The van der Waals surface area contributed by atoms with Gasteiger partial charge in [-0.05, 0) is 30.7 Å². The Hall–Kier alpha value is -0.310. The van der Waals surface area contributed by atoms with E-state index in [-0.39, 0.29) is 0 Å². The minimum Gasteiger partial charge on any atom is -0.273 e. The summed E-state index contributed by atoms with van der Waals surface area (Å²) in [5.41, 5.74) is 1.72. The fourth-order valence-corrected chi connectivity index (χ4v) is 2.85. The summed E-state index contributed by atoms with van der Waals surface area (Å²) in [7, 11) is 2.01. The minimum absolute atomic E-state index is 0.396. The molecule has 0 saturated carbocycles. The Morgan fingerprint density at radius 1 is 1.53 bits per heavy atom.